The van der Waals surface area contributed by atoms with E-state index in [1.807, 2.05) is 35.1 Å². The third-order valence-corrected chi connectivity index (χ3v) is 7.68. The molecule has 2 aliphatic rings. The number of piperazine rings is 1. The van der Waals surface area contributed by atoms with Crippen LogP contribution in [0.3, 0.4) is 0 Å². The van der Waals surface area contributed by atoms with Crippen molar-refractivity contribution in [3.8, 4) is 11.3 Å². The van der Waals surface area contributed by atoms with Crippen molar-refractivity contribution in [3.63, 3.8) is 0 Å². The molecular formula is C31H35N7O2. The van der Waals surface area contributed by atoms with Crippen molar-refractivity contribution in [2.75, 3.05) is 50.1 Å². The van der Waals surface area contributed by atoms with Gasteiger partial charge < -0.3 is 19.9 Å². The van der Waals surface area contributed by atoms with Crippen molar-refractivity contribution in [2.45, 2.75) is 31.9 Å². The maximum atomic E-state index is 12.0. The highest BCUT2D eigenvalue weighted by molar-refractivity contribution is 5.93. The maximum absolute atomic E-state index is 12.0. The van der Waals surface area contributed by atoms with Gasteiger partial charge in [-0.15, -0.1) is 0 Å². The van der Waals surface area contributed by atoms with Gasteiger partial charge in [0.15, 0.2) is 17.7 Å². The summed E-state index contributed by atoms with van der Waals surface area (Å²) in [7, 11) is 2.17. The van der Waals surface area contributed by atoms with E-state index in [0.29, 0.717) is 19.0 Å². The van der Waals surface area contributed by atoms with E-state index in [2.05, 4.69) is 53.0 Å². The molecule has 4 heterocycles. The first-order chi connectivity index (χ1) is 19.6. The van der Waals surface area contributed by atoms with Crippen LogP contribution in [0.25, 0.3) is 22.3 Å². The van der Waals surface area contributed by atoms with E-state index in [-0.39, 0.29) is 12.0 Å². The smallest absolute Gasteiger partial charge is 0.229 e. The fourth-order valence-corrected chi connectivity index (χ4v) is 5.38. The number of allylic oxidation sites excluding steroid dienone is 1. The number of hydrogen-bond acceptors (Lipinski definition) is 8. The predicted octanol–water partition coefficient (Wildman–Crippen LogP) is 4.99. The Morgan fingerprint density at radius 3 is 2.67 bits per heavy atom. The maximum Gasteiger partial charge on any atom is 0.229 e. The molecule has 2 aliphatic heterocycles. The minimum Gasteiger partial charge on any atom is -0.369 e. The highest BCUT2D eigenvalue weighted by Crippen LogP contribution is 2.32. The largest absolute Gasteiger partial charge is 0.369 e. The first kappa shape index (κ1) is 26.2. The predicted molar refractivity (Wildman–Crippen MR) is 158 cm³/mol. The zero-order valence-electron chi connectivity index (χ0n) is 22.9. The van der Waals surface area contributed by atoms with Crippen molar-refractivity contribution in [1.29, 1.82) is 0 Å². The van der Waals surface area contributed by atoms with E-state index >= 15 is 0 Å². The van der Waals surface area contributed by atoms with Gasteiger partial charge >= 0.3 is 0 Å². The average Bonchev–Trinajstić information content (AvgIpc) is 3.42. The quantitative estimate of drug-likeness (QED) is 0.315. The van der Waals surface area contributed by atoms with Gasteiger partial charge in [0.1, 0.15) is 0 Å². The first-order valence-electron chi connectivity index (χ1n) is 14.0. The lowest BCUT2D eigenvalue weighted by atomic mass is 10.0. The minimum absolute atomic E-state index is 0.0189. The Kier molecular flexibility index (Phi) is 7.57. The van der Waals surface area contributed by atoms with Gasteiger partial charge in [-0.2, -0.15) is 10.1 Å². The second-order valence-electron chi connectivity index (χ2n) is 10.6. The summed E-state index contributed by atoms with van der Waals surface area (Å²) in [6.07, 6.45) is 6.37. The van der Waals surface area contributed by atoms with Crippen molar-refractivity contribution >= 4 is 34.1 Å². The minimum atomic E-state index is -0.152. The number of carbonyl (C=O) groups is 1. The number of aromatic nitrogens is 4. The summed E-state index contributed by atoms with van der Waals surface area (Å²) in [5.41, 5.74) is 5.42. The molecule has 6 rings (SSSR count). The van der Waals surface area contributed by atoms with Crippen LogP contribution in [0.15, 0.2) is 67.4 Å². The molecule has 0 saturated carbocycles. The van der Waals surface area contributed by atoms with Crippen LogP contribution < -0.4 is 10.2 Å². The Morgan fingerprint density at radius 1 is 1.10 bits per heavy atom. The molecule has 2 aromatic heterocycles. The van der Waals surface area contributed by atoms with E-state index < -0.39 is 0 Å². The van der Waals surface area contributed by atoms with Gasteiger partial charge in [0.25, 0.3) is 0 Å². The van der Waals surface area contributed by atoms with Crippen molar-refractivity contribution < 1.29 is 9.53 Å². The summed E-state index contributed by atoms with van der Waals surface area (Å²) < 4.78 is 7.93. The van der Waals surface area contributed by atoms with Gasteiger partial charge in [-0.25, -0.2) is 9.67 Å². The van der Waals surface area contributed by atoms with Crippen LogP contribution in [0.4, 0.5) is 17.3 Å². The normalized spacial score (nSPS) is 18.1. The van der Waals surface area contributed by atoms with Gasteiger partial charge in [-0.1, -0.05) is 24.8 Å². The van der Waals surface area contributed by atoms with Gasteiger partial charge in [0, 0.05) is 56.1 Å². The topological polar surface area (TPSA) is 88.4 Å². The molecule has 2 fully saturated rings. The van der Waals surface area contributed by atoms with E-state index in [9.17, 15) is 4.79 Å². The average molecular weight is 538 g/mol. The number of fused-ring (bicyclic) bond motifs is 1. The molecule has 206 valence electrons. The molecular weight excluding hydrogens is 502 g/mol. The summed E-state index contributed by atoms with van der Waals surface area (Å²) in [5.74, 6) is 0.467. The van der Waals surface area contributed by atoms with Gasteiger partial charge in [-0.05, 0) is 68.3 Å². The molecule has 1 atom stereocenters. The molecule has 0 spiro atoms. The number of carbonyl (C=O) groups excluding carboxylic acids is 1. The van der Waals surface area contributed by atoms with Gasteiger partial charge in [0.2, 0.25) is 5.95 Å². The number of nitrogens with one attached hydrogen (secondary N) is 1. The molecule has 4 aromatic rings. The lowest BCUT2D eigenvalue weighted by molar-refractivity contribution is -0.114. The summed E-state index contributed by atoms with van der Waals surface area (Å²) in [4.78, 5) is 26.7. The fraction of sp³-hybridized carbons (Fsp3) is 0.355. The van der Waals surface area contributed by atoms with Crippen molar-refractivity contribution in [2.24, 2.45) is 0 Å². The summed E-state index contributed by atoms with van der Waals surface area (Å²) in [6.45, 7) is 8.51. The van der Waals surface area contributed by atoms with Crippen molar-refractivity contribution in [3.05, 3.63) is 72.9 Å². The summed E-state index contributed by atoms with van der Waals surface area (Å²) >= 11 is 0. The van der Waals surface area contributed by atoms with Crippen LogP contribution in [0.5, 0.6) is 0 Å². The van der Waals surface area contributed by atoms with E-state index in [4.69, 9.17) is 19.8 Å². The molecule has 0 amide bonds. The highest BCUT2D eigenvalue weighted by atomic mass is 16.5. The Morgan fingerprint density at radius 2 is 1.93 bits per heavy atom. The molecule has 9 nitrogen and oxygen atoms in total. The lowest BCUT2D eigenvalue weighted by Crippen LogP contribution is -2.44. The Balaban J connectivity index is 1.35. The number of hydrogen-bond donors (Lipinski definition) is 1. The molecule has 0 radical (unpaired) electrons. The Labute approximate surface area is 234 Å². The summed E-state index contributed by atoms with van der Waals surface area (Å²) in [5, 5.41) is 8.96. The van der Waals surface area contributed by atoms with Crippen molar-refractivity contribution in [1.82, 2.24) is 24.6 Å². The number of nitrogens with zero attached hydrogens (tertiary/aromatic N) is 6. The number of benzene rings is 2. The van der Waals surface area contributed by atoms with Crippen LogP contribution in [0.1, 0.15) is 31.1 Å². The van der Waals surface area contributed by atoms with E-state index in [0.717, 1.165) is 79.0 Å². The second-order valence-corrected chi connectivity index (χ2v) is 10.6. The van der Waals surface area contributed by atoms with Crippen LogP contribution in [-0.4, -0.2) is 70.3 Å². The van der Waals surface area contributed by atoms with Crippen LogP contribution >= 0.6 is 0 Å². The van der Waals surface area contributed by atoms with Gasteiger partial charge in [-0.3, -0.25) is 4.79 Å². The summed E-state index contributed by atoms with van der Waals surface area (Å²) in [6, 6.07) is 16.4. The number of anilines is 3. The number of ketones is 1. The Hall–Kier alpha value is -4.08. The molecule has 40 heavy (non-hydrogen) atoms. The number of likely N-dealkylation sites (N-methyl/N-ethyl adjacent to an activating group) is 1. The Bertz CT molecular complexity index is 1500. The van der Waals surface area contributed by atoms with E-state index in [1.165, 1.54) is 11.8 Å². The molecule has 2 aromatic carbocycles. The molecule has 1 N–H and O–H groups in total. The number of rotatable bonds is 8. The van der Waals surface area contributed by atoms with Crippen LogP contribution in [-0.2, 0) is 16.0 Å². The van der Waals surface area contributed by atoms with E-state index in [1.54, 1.807) is 0 Å². The fourth-order valence-electron chi connectivity index (χ4n) is 5.38. The third-order valence-electron chi connectivity index (χ3n) is 7.68. The highest BCUT2D eigenvalue weighted by Gasteiger charge is 2.22. The molecule has 0 bridgehead atoms. The molecule has 2 saturated heterocycles. The SMILES string of the molecule is C=CC(=O)Cc1cccc(-c2nc(Nc3ccc(N4CCN(C)CC4)cc3)nc3c2cnn3C2CCCCO2)c1. The second kappa shape index (κ2) is 11.6. The molecule has 9 heteroatoms. The van der Waals surface area contributed by atoms with Crippen LogP contribution in [0, 0.1) is 0 Å². The van der Waals surface area contributed by atoms with Gasteiger partial charge in [0.05, 0.1) is 17.3 Å². The lowest BCUT2D eigenvalue weighted by Gasteiger charge is -2.34. The number of ether oxygens (including phenoxy) is 1. The molecule has 1 unspecified atom stereocenters. The zero-order valence-corrected chi connectivity index (χ0v) is 22.9. The monoisotopic (exact) mass is 537 g/mol. The standard InChI is InChI=1S/C31H35N7O2/c1-3-26(39)20-22-7-6-8-23(19-22)29-27-21-32-38(28-9-4-5-18-40-28)30(27)35-31(34-29)33-24-10-12-25(13-11-24)37-16-14-36(2)15-17-37/h3,6-8,10-13,19,21,28H,1,4-5,9,14-18,20H2,2H3,(H,33,34,35). The van der Waals surface area contributed by atoms with Crippen LogP contribution in [0.2, 0.25) is 0 Å². The molecule has 0 aliphatic carbocycles. The first-order valence-corrected chi connectivity index (χ1v) is 14.0. The third kappa shape index (κ3) is 5.61. The zero-order chi connectivity index (χ0) is 27.5.